The van der Waals surface area contributed by atoms with Crippen molar-refractivity contribution in [2.45, 2.75) is 18.7 Å². The van der Waals surface area contributed by atoms with Crippen molar-refractivity contribution >= 4 is 38.4 Å². The van der Waals surface area contributed by atoms with E-state index in [1.807, 2.05) is 56.3 Å². The number of anilines is 3. The molecule has 1 heterocycles. The molecule has 4 aromatic rings. The molecule has 2 N–H and O–H groups in total. The van der Waals surface area contributed by atoms with Crippen molar-refractivity contribution in [2.24, 2.45) is 0 Å². The normalized spacial score (nSPS) is 11.4. The third kappa shape index (κ3) is 4.20. The lowest BCUT2D eigenvalue weighted by molar-refractivity contribution is 0.601. The van der Waals surface area contributed by atoms with E-state index in [0.717, 1.165) is 16.8 Å². The number of rotatable bonds is 5. The van der Waals surface area contributed by atoms with Crippen LogP contribution in [0.3, 0.4) is 0 Å². The molecule has 0 atom stereocenters. The molecule has 0 saturated carbocycles. The van der Waals surface area contributed by atoms with Gasteiger partial charge in [0.1, 0.15) is 0 Å². The van der Waals surface area contributed by atoms with E-state index >= 15 is 0 Å². The number of benzene rings is 3. The van der Waals surface area contributed by atoms with E-state index in [0.29, 0.717) is 16.9 Å². The first-order chi connectivity index (χ1) is 13.9. The van der Waals surface area contributed by atoms with Gasteiger partial charge in [-0.25, -0.2) is 18.4 Å². The van der Waals surface area contributed by atoms with Crippen LogP contribution < -0.4 is 10.0 Å². The monoisotopic (exact) mass is 404 g/mol. The van der Waals surface area contributed by atoms with Gasteiger partial charge in [0.25, 0.3) is 10.0 Å². The maximum absolute atomic E-state index is 12.9. The summed E-state index contributed by atoms with van der Waals surface area (Å²) < 4.78 is 28.4. The highest BCUT2D eigenvalue weighted by Gasteiger charge is 2.19. The molecule has 0 saturated heterocycles. The Hall–Kier alpha value is -3.45. The van der Waals surface area contributed by atoms with Crippen LogP contribution in [0.4, 0.5) is 17.3 Å². The molecule has 7 heteroatoms. The molecule has 0 spiro atoms. The molecule has 29 heavy (non-hydrogen) atoms. The molecule has 146 valence electrons. The minimum Gasteiger partial charge on any atom is -0.337 e. The van der Waals surface area contributed by atoms with Crippen molar-refractivity contribution in [3.8, 4) is 0 Å². The number of aromatic nitrogens is 2. The lowest BCUT2D eigenvalue weighted by Crippen LogP contribution is -2.16. The van der Waals surface area contributed by atoms with Crippen LogP contribution in [0.2, 0.25) is 0 Å². The van der Waals surface area contributed by atoms with Crippen LogP contribution in [-0.2, 0) is 10.0 Å². The Labute approximate surface area is 169 Å². The van der Waals surface area contributed by atoms with Crippen LogP contribution in [0.1, 0.15) is 11.1 Å². The molecule has 0 aliphatic heterocycles. The minimum absolute atomic E-state index is 0.143. The van der Waals surface area contributed by atoms with Crippen molar-refractivity contribution < 1.29 is 8.42 Å². The summed E-state index contributed by atoms with van der Waals surface area (Å²) in [6.07, 6.45) is 0. The largest absolute Gasteiger partial charge is 0.337 e. The molecule has 1 aromatic heterocycles. The topological polar surface area (TPSA) is 84.0 Å². The molecule has 4 rings (SSSR count). The second-order valence-electron chi connectivity index (χ2n) is 6.82. The summed E-state index contributed by atoms with van der Waals surface area (Å²) in [5.74, 6) is 0.480. The Bertz CT molecular complexity index is 1270. The van der Waals surface area contributed by atoms with Crippen LogP contribution >= 0.6 is 0 Å². The quantitative estimate of drug-likeness (QED) is 0.500. The number of para-hydroxylation sites is 2. The van der Waals surface area contributed by atoms with E-state index in [1.54, 1.807) is 30.3 Å². The number of hydrogen-bond donors (Lipinski definition) is 2. The van der Waals surface area contributed by atoms with Crippen LogP contribution in [0.25, 0.3) is 11.0 Å². The Morgan fingerprint density at radius 3 is 1.79 bits per heavy atom. The molecule has 0 bridgehead atoms. The zero-order valence-electron chi connectivity index (χ0n) is 16.0. The number of hydrogen-bond acceptors (Lipinski definition) is 5. The molecular weight excluding hydrogens is 384 g/mol. The Morgan fingerprint density at radius 1 is 0.690 bits per heavy atom. The van der Waals surface area contributed by atoms with Gasteiger partial charge in [-0.15, -0.1) is 0 Å². The van der Waals surface area contributed by atoms with E-state index in [2.05, 4.69) is 20.0 Å². The van der Waals surface area contributed by atoms with Crippen molar-refractivity contribution in [1.82, 2.24) is 9.97 Å². The van der Waals surface area contributed by atoms with Crippen molar-refractivity contribution in [1.29, 1.82) is 0 Å². The fourth-order valence-electron chi connectivity index (χ4n) is 2.84. The van der Waals surface area contributed by atoms with Gasteiger partial charge in [-0.2, -0.15) is 0 Å². The lowest BCUT2D eigenvalue weighted by Gasteiger charge is -2.14. The van der Waals surface area contributed by atoms with Gasteiger partial charge in [0.05, 0.1) is 15.9 Å². The Kier molecular flexibility index (Phi) is 4.90. The molecular formula is C22H20N4O2S. The molecule has 0 radical (unpaired) electrons. The first-order valence-electron chi connectivity index (χ1n) is 9.11. The van der Waals surface area contributed by atoms with Crippen LogP contribution in [0.5, 0.6) is 0 Å². The summed E-state index contributed by atoms with van der Waals surface area (Å²) in [5, 5.41) is 3.17. The fraction of sp³-hybridized carbons (Fsp3) is 0.0909. The Morgan fingerprint density at radius 2 is 1.21 bits per heavy atom. The standard InChI is InChI=1S/C22H20N4O2S/c1-15-7-11-17(12-8-15)23-21-22(25-20-6-4-3-5-19(20)24-21)26-29(27,28)18-13-9-16(2)10-14-18/h3-14H,1-2H3,(H,23,24)(H,25,26). The zero-order chi connectivity index (χ0) is 20.4. The highest BCUT2D eigenvalue weighted by molar-refractivity contribution is 7.92. The minimum atomic E-state index is -3.81. The summed E-state index contributed by atoms with van der Waals surface area (Å²) in [5.41, 5.74) is 4.16. The first kappa shape index (κ1) is 18.9. The van der Waals surface area contributed by atoms with Crippen molar-refractivity contribution in [2.75, 3.05) is 10.0 Å². The molecule has 0 unspecified atom stereocenters. The molecule has 0 aliphatic carbocycles. The summed E-state index contributed by atoms with van der Waals surface area (Å²) >= 11 is 0. The first-order valence-corrected chi connectivity index (χ1v) is 10.6. The predicted molar refractivity (Wildman–Crippen MR) is 116 cm³/mol. The second kappa shape index (κ2) is 7.52. The van der Waals surface area contributed by atoms with E-state index < -0.39 is 10.0 Å². The van der Waals surface area contributed by atoms with E-state index in [-0.39, 0.29) is 10.7 Å². The van der Waals surface area contributed by atoms with E-state index in [9.17, 15) is 8.42 Å². The van der Waals surface area contributed by atoms with Gasteiger partial charge in [0.2, 0.25) is 0 Å². The van der Waals surface area contributed by atoms with Crippen LogP contribution in [-0.4, -0.2) is 18.4 Å². The number of nitrogens with one attached hydrogen (secondary N) is 2. The molecule has 0 aliphatic rings. The van der Waals surface area contributed by atoms with Gasteiger partial charge in [0.15, 0.2) is 11.6 Å². The maximum atomic E-state index is 12.9. The Balaban J connectivity index is 1.77. The van der Waals surface area contributed by atoms with Gasteiger partial charge in [-0.05, 0) is 50.2 Å². The maximum Gasteiger partial charge on any atom is 0.263 e. The summed E-state index contributed by atoms with van der Waals surface area (Å²) in [4.78, 5) is 9.25. The smallest absolute Gasteiger partial charge is 0.263 e. The van der Waals surface area contributed by atoms with Crippen LogP contribution in [0, 0.1) is 13.8 Å². The summed E-state index contributed by atoms with van der Waals surface area (Å²) in [7, 11) is -3.81. The van der Waals surface area contributed by atoms with Gasteiger partial charge in [0, 0.05) is 5.69 Å². The molecule has 0 amide bonds. The second-order valence-corrected chi connectivity index (χ2v) is 8.50. The molecule has 3 aromatic carbocycles. The lowest BCUT2D eigenvalue weighted by atomic mass is 10.2. The zero-order valence-corrected chi connectivity index (χ0v) is 16.9. The van der Waals surface area contributed by atoms with Crippen LogP contribution in [0.15, 0.2) is 77.7 Å². The number of sulfonamides is 1. The van der Waals surface area contributed by atoms with E-state index in [1.165, 1.54) is 0 Å². The van der Waals surface area contributed by atoms with Gasteiger partial charge < -0.3 is 5.32 Å². The molecule has 0 fully saturated rings. The number of nitrogens with zero attached hydrogens (tertiary/aromatic N) is 2. The van der Waals surface area contributed by atoms with Gasteiger partial charge in [-0.1, -0.05) is 47.5 Å². The predicted octanol–water partition coefficient (Wildman–Crippen LogP) is 4.79. The van der Waals surface area contributed by atoms with Gasteiger partial charge in [-0.3, -0.25) is 4.72 Å². The molecule has 6 nitrogen and oxygen atoms in total. The SMILES string of the molecule is Cc1ccc(Nc2nc3ccccc3nc2NS(=O)(=O)c2ccc(C)cc2)cc1. The fourth-order valence-corrected chi connectivity index (χ4v) is 3.84. The average molecular weight is 404 g/mol. The van der Waals surface area contributed by atoms with Crippen molar-refractivity contribution in [3.05, 3.63) is 83.9 Å². The highest BCUT2D eigenvalue weighted by Crippen LogP contribution is 2.27. The average Bonchev–Trinajstić information content (AvgIpc) is 2.70. The highest BCUT2D eigenvalue weighted by atomic mass is 32.2. The third-order valence-electron chi connectivity index (χ3n) is 4.45. The van der Waals surface area contributed by atoms with Gasteiger partial charge >= 0.3 is 0 Å². The number of fused-ring (bicyclic) bond motifs is 1. The third-order valence-corrected chi connectivity index (χ3v) is 5.80. The van der Waals surface area contributed by atoms with Crippen molar-refractivity contribution in [3.63, 3.8) is 0 Å². The van der Waals surface area contributed by atoms with E-state index in [4.69, 9.17) is 0 Å². The number of aryl methyl sites for hydroxylation is 2. The summed E-state index contributed by atoms with van der Waals surface area (Å²) in [6.45, 7) is 3.91. The summed E-state index contributed by atoms with van der Waals surface area (Å²) in [6, 6.07) is 21.7.